The molecule has 0 atom stereocenters. The zero-order valence-corrected chi connectivity index (χ0v) is 9.89. The highest BCUT2D eigenvalue weighted by Gasteiger charge is 2.17. The molecule has 0 saturated carbocycles. The summed E-state index contributed by atoms with van der Waals surface area (Å²) in [6, 6.07) is 0. The third-order valence-electron chi connectivity index (χ3n) is 1.29. The molecule has 3 heteroatoms. The Morgan fingerprint density at radius 1 is 1.45 bits per heavy atom. The van der Waals surface area contributed by atoms with Crippen LogP contribution in [-0.2, 0) is 9.22 Å². The molecule has 0 bridgehead atoms. The summed E-state index contributed by atoms with van der Waals surface area (Å²) in [5.74, 6) is 0.836. The molecule has 2 nitrogen and oxygen atoms in total. The molecule has 0 aromatic rings. The first-order chi connectivity index (χ1) is 4.88. The predicted molar refractivity (Wildman–Crippen MR) is 49.2 cm³/mol. The van der Waals surface area contributed by atoms with Crippen LogP contribution in [0.2, 0.25) is 0 Å². The molecule has 0 rings (SSSR count). The van der Waals surface area contributed by atoms with Crippen molar-refractivity contribution in [3.63, 3.8) is 0 Å². The minimum absolute atomic E-state index is 0.0470. The van der Waals surface area contributed by atoms with E-state index in [0.29, 0.717) is 10.5 Å². The van der Waals surface area contributed by atoms with Crippen LogP contribution in [0.25, 0.3) is 0 Å². The van der Waals surface area contributed by atoms with Gasteiger partial charge in [-0.1, -0.05) is 20.8 Å². The van der Waals surface area contributed by atoms with E-state index in [1.165, 1.54) is 6.92 Å². The van der Waals surface area contributed by atoms with E-state index in [2.05, 4.69) is 0 Å². The van der Waals surface area contributed by atoms with Crippen molar-refractivity contribution in [3.8, 4) is 0 Å². The van der Waals surface area contributed by atoms with E-state index < -0.39 is 0 Å². The summed E-state index contributed by atoms with van der Waals surface area (Å²) in [5, 5.41) is 0. The molecule has 0 unspecified atom stereocenters. The van der Waals surface area contributed by atoms with Crippen molar-refractivity contribution in [2.24, 2.45) is 5.41 Å². The monoisotopic (exact) mass is 172 g/mol. The van der Waals surface area contributed by atoms with E-state index in [-0.39, 0.29) is 11.2 Å². The van der Waals surface area contributed by atoms with Crippen LogP contribution in [-0.4, -0.2) is 16.3 Å². The maximum absolute atomic E-state index is 10.7. The quantitative estimate of drug-likeness (QED) is 0.350. The molecule has 0 radical (unpaired) electrons. The number of allylic oxidation sites excluding steroid dienone is 2. The summed E-state index contributed by atoms with van der Waals surface area (Å²) in [4.78, 5) is 10.7. The molecular formula is C8H16O2Si. The van der Waals surface area contributed by atoms with Crippen LogP contribution in [0.3, 0.4) is 0 Å². The number of carbonyl (C=O) groups excluding carboxylic acids is 1. The highest BCUT2D eigenvalue weighted by molar-refractivity contribution is 5.99. The van der Waals surface area contributed by atoms with Crippen molar-refractivity contribution < 1.29 is 9.22 Å². The SMILES string of the molecule is CC(=O)C=C(O[SiH3])C(C)(C)C. The van der Waals surface area contributed by atoms with E-state index in [1.807, 2.05) is 20.8 Å². The van der Waals surface area contributed by atoms with Crippen molar-refractivity contribution in [3.05, 3.63) is 11.8 Å². The van der Waals surface area contributed by atoms with Gasteiger partial charge in [0.15, 0.2) is 5.78 Å². The molecule has 0 aliphatic heterocycles. The third kappa shape index (κ3) is 3.98. The second-order valence-electron chi connectivity index (χ2n) is 3.57. The molecule has 0 heterocycles. The van der Waals surface area contributed by atoms with Crippen LogP contribution in [0.5, 0.6) is 0 Å². The highest BCUT2D eigenvalue weighted by atomic mass is 28.2. The molecule has 0 aliphatic carbocycles. The molecule has 0 fully saturated rings. The van der Waals surface area contributed by atoms with E-state index in [4.69, 9.17) is 4.43 Å². The van der Waals surface area contributed by atoms with Gasteiger partial charge in [-0.15, -0.1) is 0 Å². The summed E-state index contributed by atoms with van der Waals surface area (Å²) < 4.78 is 5.20. The lowest BCUT2D eigenvalue weighted by atomic mass is 9.93. The van der Waals surface area contributed by atoms with Gasteiger partial charge in [0, 0.05) is 11.5 Å². The van der Waals surface area contributed by atoms with Crippen LogP contribution in [0.15, 0.2) is 11.8 Å². The molecule has 11 heavy (non-hydrogen) atoms. The van der Waals surface area contributed by atoms with E-state index in [1.54, 1.807) is 6.08 Å². The Morgan fingerprint density at radius 3 is 2.00 bits per heavy atom. The van der Waals surface area contributed by atoms with Crippen LogP contribution >= 0.6 is 0 Å². The van der Waals surface area contributed by atoms with Crippen molar-refractivity contribution in [2.45, 2.75) is 27.7 Å². The normalized spacial score (nSPS) is 13.3. The first kappa shape index (κ1) is 10.4. The maximum atomic E-state index is 10.7. The zero-order valence-electron chi connectivity index (χ0n) is 7.89. The van der Waals surface area contributed by atoms with Crippen molar-refractivity contribution in [1.29, 1.82) is 0 Å². The Kier molecular flexibility index (Phi) is 3.52. The minimum atomic E-state index is -0.0482. The lowest BCUT2D eigenvalue weighted by Gasteiger charge is -2.21. The number of hydrogen-bond donors (Lipinski definition) is 0. The average molecular weight is 172 g/mol. The second-order valence-corrected chi connectivity index (χ2v) is 3.98. The van der Waals surface area contributed by atoms with Crippen LogP contribution in [0.4, 0.5) is 0 Å². The summed E-state index contributed by atoms with van der Waals surface area (Å²) in [5.41, 5.74) is -0.0482. The Balaban J connectivity index is 4.54. The predicted octanol–water partition coefficient (Wildman–Crippen LogP) is 0.802. The van der Waals surface area contributed by atoms with Crippen LogP contribution < -0.4 is 0 Å². The Labute approximate surface area is 71.2 Å². The van der Waals surface area contributed by atoms with E-state index >= 15 is 0 Å². The lowest BCUT2D eigenvalue weighted by Crippen LogP contribution is -2.12. The van der Waals surface area contributed by atoms with E-state index in [0.717, 1.165) is 5.76 Å². The van der Waals surface area contributed by atoms with Gasteiger partial charge in [-0.25, -0.2) is 0 Å². The fraction of sp³-hybridized carbons (Fsp3) is 0.625. The van der Waals surface area contributed by atoms with E-state index in [9.17, 15) is 4.79 Å². The standard InChI is InChI=1S/C8H16O2Si/c1-6(9)5-7(10-11)8(2,3)4/h5H,1-4,11H3. The maximum Gasteiger partial charge on any atom is 0.203 e. The van der Waals surface area contributed by atoms with Gasteiger partial charge in [-0.3, -0.25) is 4.79 Å². The fourth-order valence-electron chi connectivity index (χ4n) is 0.766. The molecule has 0 N–H and O–H groups in total. The van der Waals surface area contributed by atoms with Crippen molar-refractivity contribution >= 4 is 16.3 Å². The molecule has 0 saturated heterocycles. The molecule has 0 aromatic carbocycles. The summed E-state index contributed by atoms with van der Waals surface area (Å²) in [7, 11) is 0.638. The van der Waals surface area contributed by atoms with Crippen molar-refractivity contribution in [1.82, 2.24) is 0 Å². The number of rotatable bonds is 2. The molecule has 0 aliphatic rings. The molecule has 0 spiro atoms. The van der Waals surface area contributed by atoms with Gasteiger partial charge in [0.05, 0.1) is 5.76 Å². The molecule has 0 aromatic heterocycles. The molecule has 64 valence electrons. The fourth-order valence-corrected chi connectivity index (χ4v) is 1.50. The largest absolute Gasteiger partial charge is 0.556 e. The van der Waals surface area contributed by atoms with Gasteiger partial charge >= 0.3 is 0 Å². The van der Waals surface area contributed by atoms with Gasteiger partial charge in [-0.2, -0.15) is 0 Å². The van der Waals surface area contributed by atoms with Crippen LogP contribution in [0.1, 0.15) is 27.7 Å². The second kappa shape index (κ2) is 3.71. The highest BCUT2D eigenvalue weighted by Crippen LogP contribution is 2.24. The van der Waals surface area contributed by atoms with Gasteiger partial charge in [0.2, 0.25) is 10.5 Å². The van der Waals surface area contributed by atoms with Crippen LogP contribution in [0, 0.1) is 5.41 Å². The number of hydrogen-bond acceptors (Lipinski definition) is 2. The summed E-state index contributed by atoms with van der Waals surface area (Å²) >= 11 is 0. The molecular weight excluding hydrogens is 156 g/mol. The lowest BCUT2D eigenvalue weighted by molar-refractivity contribution is -0.112. The third-order valence-corrected chi connectivity index (χ3v) is 1.73. The van der Waals surface area contributed by atoms with Gasteiger partial charge in [0.1, 0.15) is 0 Å². The average Bonchev–Trinajstić information content (AvgIpc) is 1.79. The Hall–Kier alpha value is -0.573. The molecule has 0 amide bonds. The zero-order chi connectivity index (χ0) is 9.07. The van der Waals surface area contributed by atoms with Gasteiger partial charge in [-0.05, 0) is 6.92 Å². The summed E-state index contributed by atoms with van der Waals surface area (Å²) in [6.45, 7) is 7.62. The first-order valence-electron chi connectivity index (χ1n) is 3.64. The Bertz CT molecular complexity index is 177. The first-order valence-corrected chi connectivity index (χ1v) is 4.46. The van der Waals surface area contributed by atoms with Crippen molar-refractivity contribution in [2.75, 3.05) is 0 Å². The number of carbonyl (C=O) groups is 1. The Morgan fingerprint density at radius 2 is 1.91 bits per heavy atom. The summed E-state index contributed by atoms with van der Waals surface area (Å²) in [6.07, 6.45) is 1.56. The number of ketones is 1. The van der Waals surface area contributed by atoms with Gasteiger partial charge < -0.3 is 4.43 Å². The van der Waals surface area contributed by atoms with Gasteiger partial charge in [0.25, 0.3) is 0 Å². The topological polar surface area (TPSA) is 26.3 Å². The smallest absolute Gasteiger partial charge is 0.203 e. The minimum Gasteiger partial charge on any atom is -0.556 e.